The van der Waals surface area contributed by atoms with Crippen molar-refractivity contribution >= 4 is 17.6 Å². The van der Waals surface area contributed by atoms with Crippen LogP contribution >= 0.6 is 0 Å². The van der Waals surface area contributed by atoms with Crippen molar-refractivity contribution in [2.24, 2.45) is 11.8 Å². The molecular formula is C24H25F2N5O4. The number of hydrogen-bond donors (Lipinski definition) is 1. The number of fused-ring (bicyclic) bond motifs is 2. The Hall–Kier alpha value is -3.52. The molecule has 184 valence electrons. The molecule has 1 aromatic heterocycles. The number of rotatable bonds is 6. The molecule has 2 unspecified atom stereocenters. The van der Waals surface area contributed by atoms with Gasteiger partial charge < -0.3 is 24.4 Å². The number of halogens is 2. The third-order valence-corrected chi connectivity index (χ3v) is 6.87. The first-order valence-corrected chi connectivity index (χ1v) is 11.6. The van der Waals surface area contributed by atoms with Crippen LogP contribution in [0.25, 0.3) is 0 Å². The Morgan fingerprint density at radius 3 is 2.66 bits per heavy atom. The van der Waals surface area contributed by atoms with Crippen LogP contribution in [-0.2, 0) is 9.47 Å². The summed E-state index contributed by atoms with van der Waals surface area (Å²) in [5.41, 5.74) is -0.214. The molecule has 2 atom stereocenters. The van der Waals surface area contributed by atoms with Crippen LogP contribution in [0.3, 0.4) is 0 Å². The summed E-state index contributed by atoms with van der Waals surface area (Å²) >= 11 is 0. The van der Waals surface area contributed by atoms with E-state index < -0.39 is 17.7 Å². The van der Waals surface area contributed by atoms with E-state index in [0.29, 0.717) is 26.3 Å². The fourth-order valence-corrected chi connectivity index (χ4v) is 4.62. The van der Waals surface area contributed by atoms with Crippen LogP contribution in [0.2, 0.25) is 0 Å². The van der Waals surface area contributed by atoms with Crippen molar-refractivity contribution in [1.82, 2.24) is 14.9 Å². The van der Waals surface area contributed by atoms with Gasteiger partial charge in [0, 0.05) is 24.9 Å². The van der Waals surface area contributed by atoms with Crippen LogP contribution in [0.15, 0.2) is 24.5 Å². The van der Waals surface area contributed by atoms with Gasteiger partial charge in [-0.25, -0.2) is 14.2 Å². The highest BCUT2D eigenvalue weighted by atomic mass is 19.1. The topological polar surface area (TPSA) is 110 Å². The van der Waals surface area contributed by atoms with Gasteiger partial charge in [0.1, 0.15) is 23.8 Å². The molecular weight excluding hydrogens is 460 g/mol. The van der Waals surface area contributed by atoms with Gasteiger partial charge in [0.05, 0.1) is 30.5 Å². The van der Waals surface area contributed by atoms with Gasteiger partial charge in [-0.15, -0.1) is 0 Å². The standard InChI is InChI=1S/C24H25F2N5O4/c1-2-24(5-6-24)35-23(32)31-9-15-11-33-12-16(10-31)20(15)34-22-19(26)21(28-13-29-22)30-18-4-3-14(8-27)7-17(18)25/h3-4,7,13,15-16,20H,2,5-6,9-12H2,1H3,(H,28,29,30). The third-order valence-electron chi connectivity index (χ3n) is 6.87. The second-order valence-electron chi connectivity index (χ2n) is 9.22. The van der Waals surface area contributed by atoms with E-state index in [1.54, 1.807) is 4.90 Å². The second kappa shape index (κ2) is 9.26. The van der Waals surface area contributed by atoms with Gasteiger partial charge in [-0.2, -0.15) is 14.6 Å². The normalized spacial score (nSPS) is 24.3. The minimum absolute atomic E-state index is 0.0369. The molecule has 9 nitrogen and oxygen atoms in total. The minimum atomic E-state index is -0.865. The number of hydrogen-bond acceptors (Lipinski definition) is 8. The lowest BCUT2D eigenvalue weighted by molar-refractivity contribution is -0.113. The molecule has 5 rings (SSSR count). The molecule has 2 aromatic rings. The summed E-state index contributed by atoms with van der Waals surface area (Å²) in [6.07, 6.45) is 2.95. The Balaban J connectivity index is 1.29. The minimum Gasteiger partial charge on any atom is -0.471 e. The predicted octanol–water partition coefficient (Wildman–Crippen LogP) is 3.77. The van der Waals surface area contributed by atoms with Crippen LogP contribution in [0.1, 0.15) is 31.7 Å². The van der Waals surface area contributed by atoms with Crippen molar-refractivity contribution in [2.45, 2.75) is 37.9 Å². The molecule has 1 aliphatic carbocycles. The van der Waals surface area contributed by atoms with E-state index in [9.17, 15) is 9.18 Å². The monoisotopic (exact) mass is 485 g/mol. The Labute approximate surface area is 201 Å². The van der Waals surface area contributed by atoms with Gasteiger partial charge in [0.25, 0.3) is 5.88 Å². The van der Waals surface area contributed by atoms with Crippen LogP contribution in [0.5, 0.6) is 5.88 Å². The van der Waals surface area contributed by atoms with Crippen molar-refractivity contribution in [3.05, 3.63) is 41.7 Å². The quantitative estimate of drug-likeness (QED) is 0.659. The lowest BCUT2D eigenvalue weighted by Crippen LogP contribution is -2.59. The van der Waals surface area contributed by atoms with Crippen molar-refractivity contribution in [2.75, 3.05) is 31.6 Å². The number of nitrogens with zero attached hydrogens (tertiary/aromatic N) is 4. The van der Waals surface area contributed by atoms with Crippen molar-refractivity contribution in [3.8, 4) is 11.9 Å². The van der Waals surface area contributed by atoms with Crippen molar-refractivity contribution < 1.29 is 27.8 Å². The maximum absolute atomic E-state index is 15.2. The molecule has 3 heterocycles. The van der Waals surface area contributed by atoms with Crippen LogP contribution in [-0.4, -0.2) is 59.0 Å². The molecule has 2 saturated heterocycles. The summed E-state index contributed by atoms with van der Waals surface area (Å²) in [5.74, 6) is -2.47. The Morgan fingerprint density at radius 2 is 2.03 bits per heavy atom. The number of anilines is 2. The van der Waals surface area contributed by atoms with E-state index in [1.165, 1.54) is 12.1 Å². The molecule has 11 heteroatoms. The second-order valence-corrected chi connectivity index (χ2v) is 9.22. The fourth-order valence-electron chi connectivity index (χ4n) is 4.62. The molecule has 2 aliphatic heterocycles. The van der Waals surface area contributed by atoms with E-state index in [1.807, 2.05) is 13.0 Å². The Bertz CT molecular complexity index is 1160. The summed E-state index contributed by atoms with van der Waals surface area (Å²) in [6, 6.07) is 5.63. The third kappa shape index (κ3) is 4.71. The summed E-state index contributed by atoms with van der Waals surface area (Å²) in [4.78, 5) is 22.2. The van der Waals surface area contributed by atoms with Crippen LogP contribution in [0.4, 0.5) is 25.1 Å². The summed E-state index contributed by atoms with van der Waals surface area (Å²) < 4.78 is 46.9. The van der Waals surface area contributed by atoms with E-state index in [4.69, 9.17) is 19.5 Å². The molecule has 0 radical (unpaired) electrons. The highest BCUT2D eigenvalue weighted by Crippen LogP contribution is 2.43. The summed E-state index contributed by atoms with van der Waals surface area (Å²) in [6.45, 7) is 3.47. The number of nitrogens with one attached hydrogen (secondary N) is 1. The van der Waals surface area contributed by atoms with Crippen LogP contribution in [0, 0.1) is 34.8 Å². The number of likely N-dealkylation sites (tertiary alicyclic amines) is 1. The smallest absolute Gasteiger partial charge is 0.410 e. The average Bonchev–Trinajstić information content (AvgIpc) is 3.62. The number of ether oxygens (including phenoxy) is 3. The molecule has 1 aromatic carbocycles. The molecule has 3 aliphatic rings. The molecule has 1 N–H and O–H groups in total. The van der Waals surface area contributed by atoms with E-state index in [0.717, 1.165) is 31.7 Å². The van der Waals surface area contributed by atoms with Gasteiger partial charge in [-0.1, -0.05) is 6.92 Å². The highest BCUT2D eigenvalue weighted by molar-refractivity contribution is 5.69. The van der Waals surface area contributed by atoms with Gasteiger partial charge in [0.2, 0.25) is 5.82 Å². The summed E-state index contributed by atoms with van der Waals surface area (Å²) in [5, 5.41) is 11.5. The van der Waals surface area contributed by atoms with Gasteiger partial charge in [0.15, 0.2) is 5.82 Å². The van der Waals surface area contributed by atoms with Crippen molar-refractivity contribution in [3.63, 3.8) is 0 Å². The SMILES string of the molecule is CCC1(OC(=O)N2CC3COCC(C2)C3Oc2ncnc(Nc3ccc(C#N)cc3F)c2F)CC1. The molecule has 1 amide bonds. The average molecular weight is 485 g/mol. The van der Waals surface area contributed by atoms with E-state index >= 15 is 4.39 Å². The summed E-state index contributed by atoms with van der Waals surface area (Å²) in [7, 11) is 0. The number of piperidine rings is 1. The first-order valence-electron chi connectivity index (χ1n) is 11.6. The molecule has 2 bridgehead atoms. The van der Waals surface area contributed by atoms with Crippen molar-refractivity contribution in [1.29, 1.82) is 5.26 Å². The van der Waals surface area contributed by atoms with E-state index in [2.05, 4.69) is 15.3 Å². The zero-order valence-electron chi connectivity index (χ0n) is 19.2. The largest absolute Gasteiger partial charge is 0.471 e. The Kier molecular flexibility index (Phi) is 6.15. The van der Waals surface area contributed by atoms with Crippen LogP contribution < -0.4 is 10.1 Å². The zero-order valence-corrected chi connectivity index (χ0v) is 19.2. The molecule has 1 saturated carbocycles. The number of benzene rings is 1. The number of carbonyl (C=O) groups is 1. The van der Waals surface area contributed by atoms with Gasteiger partial charge >= 0.3 is 6.09 Å². The predicted molar refractivity (Wildman–Crippen MR) is 119 cm³/mol. The fraction of sp³-hybridized carbons (Fsp3) is 0.500. The molecule has 0 spiro atoms. The maximum Gasteiger partial charge on any atom is 0.410 e. The number of nitriles is 1. The lowest BCUT2D eigenvalue weighted by Gasteiger charge is -2.46. The zero-order chi connectivity index (χ0) is 24.6. The first kappa shape index (κ1) is 23.2. The van der Waals surface area contributed by atoms with E-state index in [-0.39, 0.29) is 46.5 Å². The Morgan fingerprint density at radius 1 is 1.29 bits per heavy atom. The molecule has 3 fully saturated rings. The molecule has 35 heavy (non-hydrogen) atoms. The first-order chi connectivity index (χ1) is 16.9. The van der Waals surface area contributed by atoms with Gasteiger partial charge in [-0.3, -0.25) is 0 Å². The number of amides is 1. The number of carbonyl (C=O) groups excluding carboxylic acids is 1. The lowest BCUT2D eigenvalue weighted by atomic mass is 9.84. The highest BCUT2D eigenvalue weighted by Gasteiger charge is 2.49. The number of aromatic nitrogens is 2. The maximum atomic E-state index is 15.2. The van der Waals surface area contributed by atoms with Gasteiger partial charge in [-0.05, 0) is 37.5 Å².